The summed E-state index contributed by atoms with van der Waals surface area (Å²) in [5, 5.41) is 0. The van der Waals surface area contributed by atoms with E-state index in [1.54, 1.807) is 41.2 Å². The predicted octanol–water partition coefficient (Wildman–Crippen LogP) is 13.2. The van der Waals surface area contributed by atoms with Gasteiger partial charge in [-0.3, -0.25) is 9.59 Å². The van der Waals surface area contributed by atoms with E-state index in [1.165, 1.54) is 12.1 Å². The summed E-state index contributed by atoms with van der Waals surface area (Å²) >= 11 is 0. The Morgan fingerprint density at radius 2 is 0.553 bits per heavy atom. The molecule has 76 heavy (non-hydrogen) atoms. The fourth-order valence-electron chi connectivity index (χ4n) is 7.78. The zero-order valence-electron chi connectivity index (χ0n) is 36.8. The van der Waals surface area contributed by atoms with Gasteiger partial charge in [-0.05, 0) is 24.3 Å². The zero-order valence-corrected chi connectivity index (χ0v) is 36.8. The fourth-order valence-corrected chi connectivity index (χ4v) is 7.78. The summed E-state index contributed by atoms with van der Waals surface area (Å²) < 4.78 is 355. The number of aromatic nitrogens is 1. The lowest BCUT2D eigenvalue weighted by Gasteiger charge is -2.46. The van der Waals surface area contributed by atoms with E-state index in [9.17, 15) is 119 Å². The van der Waals surface area contributed by atoms with Gasteiger partial charge in [-0.15, -0.1) is 0 Å². The molecule has 1 heterocycles. The molecule has 0 aliphatic heterocycles. The first-order valence-electron chi connectivity index (χ1n) is 20.5. The molecule has 0 aliphatic rings. The van der Waals surface area contributed by atoms with Crippen LogP contribution >= 0.6 is 0 Å². The Hall–Kier alpha value is -7.10. The highest BCUT2D eigenvalue weighted by Gasteiger charge is 2.47. The number of hydrogen-bond acceptors (Lipinski definition) is 2. The third-order valence-corrected chi connectivity index (χ3v) is 11.2. The number of pyridine rings is 1. The number of rotatable bonds is 9. The number of ketones is 2. The Labute approximate surface area is 409 Å². The Kier molecular flexibility index (Phi) is 16.4. The van der Waals surface area contributed by atoms with E-state index in [4.69, 9.17) is 0 Å². The molecule has 0 saturated heterocycles. The number of carbonyl (C=O) groups is 2. The molecule has 3 nitrogen and oxygen atoms in total. The van der Waals surface area contributed by atoms with E-state index < -0.39 is 207 Å². The second-order valence-corrected chi connectivity index (χ2v) is 16.3. The van der Waals surface area contributed by atoms with E-state index in [0.29, 0.717) is 11.1 Å². The van der Waals surface area contributed by atoms with Gasteiger partial charge < -0.3 is 0 Å². The minimum atomic E-state index is -6.13. The van der Waals surface area contributed by atoms with Gasteiger partial charge >= 0.3 is 49.4 Å². The van der Waals surface area contributed by atoms with Crippen LogP contribution < -0.4 is 26.4 Å². The maximum atomic E-state index is 14.2. The number of Topliss-reactive ketones (excluding diaryl/α,β-unsaturated/α-hetero) is 2. The summed E-state index contributed by atoms with van der Waals surface area (Å²) in [4.78, 5) is 23.1. The van der Waals surface area contributed by atoms with Crippen molar-refractivity contribution in [2.45, 2.75) is 56.0 Å². The molecular formula is C47H25BF25NO2. The van der Waals surface area contributed by atoms with Crippen molar-refractivity contribution in [1.29, 1.82) is 0 Å². The molecule has 0 unspecified atom stereocenters. The van der Waals surface area contributed by atoms with Gasteiger partial charge in [0.2, 0.25) is 12.3 Å². The molecule has 0 amide bonds. The van der Waals surface area contributed by atoms with Crippen molar-refractivity contribution >= 4 is 39.6 Å². The van der Waals surface area contributed by atoms with Crippen molar-refractivity contribution in [3.63, 3.8) is 0 Å². The smallest absolute Gasteiger partial charge is 0.291 e. The van der Waals surface area contributed by atoms with Gasteiger partial charge in [-0.2, -0.15) is 132 Å². The minimum Gasteiger partial charge on any atom is -0.291 e. The average Bonchev–Trinajstić information content (AvgIpc) is 3.29. The molecular weight excluding hydrogens is 1100 g/mol. The first kappa shape index (κ1) is 59.8. The van der Waals surface area contributed by atoms with Crippen molar-refractivity contribution in [3.8, 4) is 0 Å². The Morgan fingerprint density at radius 3 is 0.763 bits per heavy atom. The number of carbonyl (C=O) groups excluding carboxylic acids is 2. The Bertz CT molecular complexity index is 2630. The highest BCUT2D eigenvalue weighted by atomic mass is 19.4. The van der Waals surface area contributed by atoms with Crippen LogP contribution in [0.1, 0.15) is 65.2 Å². The van der Waals surface area contributed by atoms with Crippen LogP contribution in [0, 0.1) is 0 Å². The van der Waals surface area contributed by atoms with E-state index in [1.807, 2.05) is 6.07 Å². The van der Waals surface area contributed by atoms with Gasteiger partial charge in [0, 0.05) is 23.3 Å². The van der Waals surface area contributed by atoms with Gasteiger partial charge in [0.1, 0.15) is 6.15 Å². The van der Waals surface area contributed by atoms with Crippen LogP contribution in [0.5, 0.6) is 0 Å². The lowest BCUT2D eigenvalue weighted by Crippen LogP contribution is -2.75. The van der Waals surface area contributed by atoms with Crippen molar-refractivity contribution in [2.75, 3.05) is 6.67 Å². The molecule has 0 radical (unpaired) electrons. The maximum Gasteiger partial charge on any atom is 0.416 e. The van der Waals surface area contributed by atoms with Crippen LogP contribution in [-0.2, 0) is 56.0 Å². The standard InChI is InChI=1S/C32H12BF24.C15H13FNO2/c34-25(35,36)13-1-14(26(37,38)39)6-21(5-13)33(22-7-15(27(40,41)42)2-16(8-22)28(43,44)45,23-9-17(29(46,47)48)3-18(10-23)30(49,50)51)24-11-19(31(52,53)54)4-20(12-24)32(55,56)57;16-10-14(18)13-6-8-17(9-7-13)11-15(19)12-4-2-1-3-5-12/h1-12H;1-9H,10-11H2/q-1;+1. The fraction of sp³-hybridized carbons (Fsp3) is 0.213. The number of halogens is 25. The first-order valence-corrected chi connectivity index (χ1v) is 20.5. The van der Waals surface area contributed by atoms with E-state index in [0.717, 1.165) is 0 Å². The molecule has 0 bridgehead atoms. The van der Waals surface area contributed by atoms with Gasteiger partial charge in [0.25, 0.3) is 0 Å². The first-order chi connectivity index (χ1) is 34.5. The highest BCUT2D eigenvalue weighted by molar-refractivity contribution is 7.20. The average molecular weight is 1120 g/mol. The second-order valence-electron chi connectivity index (χ2n) is 16.3. The van der Waals surface area contributed by atoms with E-state index in [2.05, 4.69) is 0 Å². The quantitative estimate of drug-likeness (QED) is 0.0626. The number of alkyl halides is 25. The lowest BCUT2D eigenvalue weighted by atomic mass is 9.12. The van der Waals surface area contributed by atoms with Crippen LogP contribution in [0.4, 0.5) is 110 Å². The molecule has 0 atom stereocenters. The molecule has 5 aromatic carbocycles. The predicted molar refractivity (Wildman–Crippen MR) is 218 cm³/mol. The molecule has 0 N–H and O–H groups in total. The normalized spacial score (nSPS) is 13.3. The summed E-state index contributed by atoms with van der Waals surface area (Å²) in [6.45, 7) is -0.818. The van der Waals surface area contributed by atoms with Crippen LogP contribution in [0.2, 0.25) is 0 Å². The molecule has 0 saturated carbocycles. The molecule has 0 spiro atoms. The van der Waals surface area contributed by atoms with Crippen LogP contribution in [-0.4, -0.2) is 24.4 Å². The van der Waals surface area contributed by atoms with Crippen molar-refractivity contribution < 1.29 is 124 Å². The lowest BCUT2D eigenvalue weighted by molar-refractivity contribution is -0.683. The van der Waals surface area contributed by atoms with Crippen molar-refractivity contribution in [2.24, 2.45) is 0 Å². The van der Waals surface area contributed by atoms with Gasteiger partial charge in [-0.1, -0.05) is 78.9 Å². The summed E-state index contributed by atoms with van der Waals surface area (Å²) in [6, 6.07) is 3.19. The summed E-state index contributed by atoms with van der Waals surface area (Å²) in [5.74, 6) is -0.572. The minimum absolute atomic E-state index is 0.0184. The monoisotopic (exact) mass is 1120 g/mol. The molecule has 0 fully saturated rings. The molecule has 29 heteroatoms. The van der Waals surface area contributed by atoms with Gasteiger partial charge in [0.05, 0.1) is 44.5 Å². The largest absolute Gasteiger partial charge is 0.416 e. The molecule has 1 aromatic heterocycles. The Balaban J connectivity index is 0.000000468. The Morgan fingerprint density at radius 1 is 0.329 bits per heavy atom. The number of hydrogen-bond donors (Lipinski definition) is 0. The summed E-state index contributed by atoms with van der Waals surface area (Å²) in [5.41, 5.74) is -29.3. The summed E-state index contributed by atoms with van der Waals surface area (Å²) in [6.07, 6.45) is -51.6. The highest BCUT2D eigenvalue weighted by Crippen LogP contribution is 2.41. The van der Waals surface area contributed by atoms with Crippen LogP contribution in [0.25, 0.3) is 0 Å². The number of nitrogens with zero attached hydrogens (tertiary/aromatic N) is 1. The third-order valence-electron chi connectivity index (χ3n) is 11.2. The van der Waals surface area contributed by atoms with Gasteiger partial charge in [-0.25, -0.2) is 4.39 Å². The maximum absolute atomic E-state index is 14.2. The SMILES string of the molecule is FC(F)(F)c1cc([B-](c2cc(C(F)(F)F)cc(C(F)(F)F)c2)(c2cc(C(F)(F)F)cc(C(F)(F)F)c2)c2cc(C(F)(F)F)cc(C(F)(F)F)c2)cc(C(F)(F)F)c1.O=C(CF)c1cc[n+](CC(=O)c2ccccc2)cc1. The zero-order chi connectivity index (χ0) is 57.6. The van der Waals surface area contributed by atoms with Crippen molar-refractivity contribution in [1.82, 2.24) is 0 Å². The number of benzene rings is 5. The van der Waals surface area contributed by atoms with E-state index >= 15 is 0 Å². The molecule has 6 rings (SSSR count). The van der Waals surface area contributed by atoms with Gasteiger partial charge in [0.15, 0.2) is 24.9 Å². The molecule has 6 aromatic rings. The third kappa shape index (κ3) is 13.8. The molecule has 0 aliphatic carbocycles. The second kappa shape index (κ2) is 20.8. The topological polar surface area (TPSA) is 38.0 Å². The van der Waals surface area contributed by atoms with Crippen molar-refractivity contribution in [3.05, 3.63) is 183 Å². The van der Waals surface area contributed by atoms with Crippen LogP contribution in [0.3, 0.4) is 0 Å². The molecule has 408 valence electrons. The van der Waals surface area contributed by atoms with Crippen LogP contribution in [0.15, 0.2) is 128 Å². The van der Waals surface area contributed by atoms with E-state index in [-0.39, 0.29) is 12.3 Å². The summed E-state index contributed by atoms with van der Waals surface area (Å²) in [7, 11) is 0.